The molecule has 0 radical (unpaired) electrons. The standard InChI is InChI=1S/C18H25N3O2S/c1-4-16-18(23-9-1)17(13-20(16)12-15-5-11-24-14-15)22-10-3-8-21-7-2-6-19-21/h2,5-7,11,14,16-18H,1,3-4,8-10,12-13H2/t16-,17-,18+/m1/s1. The van der Waals surface area contributed by atoms with Gasteiger partial charge >= 0.3 is 0 Å². The highest BCUT2D eigenvalue weighted by atomic mass is 32.1. The van der Waals surface area contributed by atoms with E-state index in [2.05, 4.69) is 26.8 Å². The van der Waals surface area contributed by atoms with Crippen molar-refractivity contribution in [3.8, 4) is 0 Å². The fourth-order valence-electron chi connectivity index (χ4n) is 3.84. The minimum Gasteiger partial charge on any atom is -0.374 e. The zero-order valence-electron chi connectivity index (χ0n) is 13.9. The summed E-state index contributed by atoms with van der Waals surface area (Å²) in [5.74, 6) is 0. The largest absolute Gasteiger partial charge is 0.374 e. The van der Waals surface area contributed by atoms with Gasteiger partial charge in [0.25, 0.3) is 0 Å². The molecule has 24 heavy (non-hydrogen) atoms. The van der Waals surface area contributed by atoms with Crippen LogP contribution in [0.1, 0.15) is 24.8 Å². The Kier molecular flexibility index (Phi) is 5.27. The Morgan fingerprint density at radius 2 is 2.42 bits per heavy atom. The molecule has 0 aromatic carbocycles. The molecule has 0 bridgehead atoms. The van der Waals surface area contributed by atoms with E-state index >= 15 is 0 Å². The maximum absolute atomic E-state index is 6.21. The van der Waals surface area contributed by atoms with Gasteiger partial charge in [-0.2, -0.15) is 16.4 Å². The Labute approximate surface area is 147 Å². The fourth-order valence-corrected chi connectivity index (χ4v) is 4.50. The summed E-state index contributed by atoms with van der Waals surface area (Å²) in [6, 6.07) is 4.69. The van der Waals surface area contributed by atoms with Crippen molar-refractivity contribution in [2.24, 2.45) is 0 Å². The summed E-state index contributed by atoms with van der Waals surface area (Å²) >= 11 is 1.77. The van der Waals surface area contributed by atoms with E-state index in [-0.39, 0.29) is 12.2 Å². The molecule has 2 aromatic rings. The number of nitrogens with zero attached hydrogens (tertiary/aromatic N) is 3. The number of thiophene rings is 1. The van der Waals surface area contributed by atoms with Crippen molar-refractivity contribution in [3.05, 3.63) is 40.8 Å². The fraction of sp³-hybridized carbons (Fsp3) is 0.611. The Bertz CT molecular complexity index is 602. The maximum atomic E-state index is 6.21. The lowest BCUT2D eigenvalue weighted by atomic mass is 10.0. The molecule has 2 fully saturated rings. The molecule has 2 aromatic heterocycles. The summed E-state index contributed by atoms with van der Waals surface area (Å²) < 4.78 is 14.3. The van der Waals surface area contributed by atoms with Gasteiger partial charge in [0.2, 0.25) is 0 Å². The summed E-state index contributed by atoms with van der Waals surface area (Å²) in [5, 5.41) is 8.64. The minimum atomic E-state index is 0.201. The summed E-state index contributed by atoms with van der Waals surface area (Å²) in [5.41, 5.74) is 1.41. The van der Waals surface area contributed by atoms with Crippen LogP contribution in [0.3, 0.4) is 0 Å². The minimum absolute atomic E-state index is 0.201. The van der Waals surface area contributed by atoms with Gasteiger partial charge in [-0.3, -0.25) is 9.58 Å². The molecular formula is C18H25N3O2S. The third-order valence-corrected chi connectivity index (χ3v) is 5.70. The second kappa shape index (κ2) is 7.78. The van der Waals surface area contributed by atoms with E-state index in [1.54, 1.807) is 11.3 Å². The molecule has 0 N–H and O–H groups in total. The van der Waals surface area contributed by atoms with Crippen molar-refractivity contribution in [2.75, 3.05) is 19.8 Å². The first-order valence-electron chi connectivity index (χ1n) is 8.86. The normalized spacial score (nSPS) is 27.4. The number of aromatic nitrogens is 2. The van der Waals surface area contributed by atoms with Gasteiger partial charge in [-0.1, -0.05) is 0 Å². The van der Waals surface area contributed by atoms with Gasteiger partial charge in [-0.25, -0.2) is 0 Å². The summed E-state index contributed by atoms with van der Waals surface area (Å²) in [7, 11) is 0. The molecule has 0 saturated carbocycles. The predicted molar refractivity (Wildman–Crippen MR) is 94.1 cm³/mol. The number of likely N-dealkylation sites (tertiary alicyclic amines) is 1. The van der Waals surface area contributed by atoms with Crippen LogP contribution in [-0.4, -0.2) is 52.7 Å². The smallest absolute Gasteiger partial charge is 0.100 e. The SMILES string of the molecule is c1cnn(CCCO[C@@H]2CN(Cc3ccsc3)[C@@H]3CCCO[C@@H]32)c1. The van der Waals surface area contributed by atoms with E-state index in [1.165, 1.54) is 12.0 Å². The molecule has 130 valence electrons. The first-order chi connectivity index (χ1) is 11.9. The molecule has 0 spiro atoms. The summed E-state index contributed by atoms with van der Waals surface area (Å²) in [4.78, 5) is 2.56. The van der Waals surface area contributed by atoms with Crippen molar-refractivity contribution in [3.63, 3.8) is 0 Å². The van der Waals surface area contributed by atoms with Gasteiger partial charge < -0.3 is 9.47 Å². The van der Waals surface area contributed by atoms with Gasteiger partial charge in [-0.05, 0) is 47.7 Å². The van der Waals surface area contributed by atoms with Crippen LogP contribution in [0.15, 0.2) is 35.3 Å². The molecule has 2 aliphatic heterocycles. The lowest BCUT2D eigenvalue weighted by molar-refractivity contribution is -0.0780. The van der Waals surface area contributed by atoms with Gasteiger partial charge in [0.05, 0.1) is 6.10 Å². The van der Waals surface area contributed by atoms with Crippen LogP contribution in [0.4, 0.5) is 0 Å². The number of rotatable bonds is 7. The Morgan fingerprint density at radius 3 is 3.25 bits per heavy atom. The highest BCUT2D eigenvalue weighted by molar-refractivity contribution is 7.07. The molecule has 4 heterocycles. The molecule has 4 rings (SSSR count). The van der Waals surface area contributed by atoms with Crippen LogP contribution in [0.5, 0.6) is 0 Å². The van der Waals surface area contributed by atoms with Gasteiger partial charge in [0.15, 0.2) is 0 Å². The van der Waals surface area contributed by atoms with Crippen molar-refractivity contribution < 1.29 is 9.47 Å². The highest BCUT2D eigenvalue weighted by Crippen LogP contribution is 2.32. The lowest BCUT2D eigenvalue weighted by Crippen LogP contribution is -2.41. The van der Waals surface area contributed by atoms with E-state index < -0.39 is 0 Å². The van der Waals surface area contributed by atoms with Gasteiger partial charge in [-0.15, -0.1) is 0 Å². The quantitative estimate of drug-likeness (QED) is 0.722. The third-order valence-electron chi connectivity index (χ3n) is 4.97. The zero-order valence-corrected chi connectivity index (χ0v) is 14.7. The van der Waals surface area contributed by atoms with E-state index in [4.69, 9.17) is 9.47 Å². The van der Waals surface area contributed by atoms with E-state index in [1.807, 2.05) is 23.1 Å². The number of aryl methyl sites for hydroxylation is 1. The molecule has 5 nitrogen and oxygen atoms in total. The summed E-state index contributed by atoms with van der Waals surface area (Å²) in [6.07, 6.45) is 7.63. The van der Waals surface area contributed by atoms with Gasteiger partial charge in [0, 0.05) is 51.3 Å². The molecule has 2 saturated heterocycles. The number of fused-ring (bicyclic) bond motifs is 1. The first-order valence-corrected chi connectivity index (χ1v) is 9.80. The average Bonchev–Trinajstić information content (AvgIpc) is 3.35. The summed E-state index contributed by atoms with van der Waals surface area (Å²) in [6.45, 7) is 4.55. The predicted octanol–water partition coefficient (Wildman–Crippen LogP) is 2.78. The van der Waals surface area contributed by atoms with Crippen molar-refractivity contribution in [1.29, 1.82) is 0 Å². The monoisotopic (exact) mass is 347 g/mol. The van der Waals surface area contributed by atoms with Gasteiger partial charge in [0.1, 0.15) is 6.10 Å². The van der Waals surface area contributed by atoms with Crippen molar-refractivity contribution >= 4 is 11.3 Å². The molecule has 6 heteroatoms. The Morgan fingerprint density at radius 1 is 1.42 bits per heavy atom. The highest BCUT2D eigenvalue weighted by Gasteiger charge is 2.44. The number of hydrogen-bond acceptors (Lipinski definition) is 5. The van der Waals surface area contributed by atoms with E-state index in [0.29, 0.717) is 6.04 Å². The van der Waals surface area contributed by atoms with E-state index in [0.717, 1.165) is 45.7 Å². The lowest BCUT2D eigenvalue weighted by Gasteiger charge is -2.32. The molecule has 0 unspecified atom stereocenters. The second-order valence-corrected chi connectivity index (χ2v) is 7.42. The Balaban J connectivity index is 1.30. The maximum Gasteiger partial charge on any atom is 0.100 e. The van der Waals surface area contributed by atoms with Crippen LogP contribution in [-0.2, 0) is 22.6 Å². The van der Waals surface area contributed by atoms with Crippen molar-refractivity contribution in [2.45, 2.75) is 50.6 Å². The van der Waals surface area contributed by atoms with E-state index in [9.17, 15) is 0 Å². The molecule has 0 aliphatic carbocycles. The topological polar surface area (TPSA) is 39.5 Å². The van der Waals surface area contributed by atoms with Crippen LogP contribution in [0, 0.1) is 0 Å². The van der Waals surface area contributed by atoms with Crippen LogP contribution in [0.2, 0.25) is 0 Å². The number of ether oxygens (including phenoxy) is 2. The molecular weight excluding hydrogens is 322 g/mol. The van der Waals surface area contributed by atoms with Crippen molar-refractivity contribution in [1.82, 2.24) is 14.7 Å². The average molecular weight is 347 g/mol. The zero-order chi connectivity index (χ0) is 16.2. The van der Waals surface area contributed by atoms with Crippen LogP contribution in [0.25, 0.3) is 0 Å². The Hall–Kier alpha value is -1.21. The third kappa shape index (κ3) is 3.72. The molecule has 0 amide bonds. The second-order valence-electron chi connectivity index (χ2n) is 6.64. The molecule has 2 aliphatic rings. The van der Waals surface area contributed by atoms with Crippen LogP contribution < -0.4 is 0 Å². The molecule has 3 atom stereocenters. The number of hydrogen-bond donors (Lipinski definition) is 0. The first kappa shape index (κ1) is 16.3. The van der Waals surface area contributed by atoms with Crippen LogP contribution >= 0.6 is 11.3 Å².